The van der Waals surface area contributed by atoms with Crippen LogP contribution in [0.3, 0.4) is 0 Å². The summed E-state index contributed by atoms with van der Waals surface area (Å²) in [5.41, 5.74) is 5.14. The Morgan fingerprint density at radius 1 is 0.906 bits per heavy atom. The first kappa shape index (κ1) is 19.8. The number of hydrogen-bond acceptors (Lipinski definition) is 2. The van der Waals surface area contributed by atoms with Crippen LogP contribution in [0.1, 0.15) is 23.0 Å². The zero-order chi connectivity index (χ0) is 22.1. The average Bonchev–Trinajstić information content (AvgIpc) is 3.47. The zero-order valence-electron chi connectivity index (χ0n) is 17.5. The Morgan fingerprint density at radius 3 is 2.38 bits per heavy atom. The van der Waals surface area contributed by atoms with Gasteiger partial charge in [-0.1, -0.05) is 37.3 Å². The molecule has 0 spiro atoms. The summed E-state index contributed by atoms with van der Waals surface area (Å²) in [5, 5.41) is 7.37. The quantitative estimate of drug-likeness (QED) is 0.391. The van der Waals surface area contributed by atoms with E-state index in [0.29, 0.717) is 5.69 Å². The summed E-state index contributed by atoms with van der Waals surface area (Å²) in [7, 11) is 0. The molecule has 3 heterocycles. The number of aryl methyl sites for hydroxylation is 1. The van der Waals surface area contributed by atoms with Crippen LogP contribution in [0.15, 0.2) is 91.3 Å². The second kappa shape index (κ2) is 8.15. The number of pyridine rings is 1. The molecule has 0 bridgehead atoms. The van der Waals surface area contributed by atoms with Crippen molar-refractivity contribution in [2.24, 2.45) is 0 Å². The van der Waals surface area contributed by atoms with Gasteiger partial charge in [-0.2, -0.15) is 5.10 Å². The molecule has 3 aromatic heterocycles. The molecular weight excluding hydrogens is 403 g/mol. The summed E-state index contributed by atoms with van der Waals surface area (Å²) in [6, 6.07) is 23.8. The van der Waals surface area contributed by atoms with E-state index in [9.17, 15) is 9.18 Å². The molecular formula is C26H21FN4O. The number of nitrogens with one attached hydrogen (secondary N) is 1. The number of carbonyl (C=O) groups excluding carboxylic acids is 1. The summed E-state index contributed by atoms with van der Waals surface area (Å²) < 4.78 is 17.0. The lowest BCUT2D eigenvalue weighted by Crippen LogP contribution is -2.13. The molecule has 5 nitrogen and oxygen atoms in total. The Balaban J connectivity index is 1.42. The molecule has 158 valence electrons. The molecule has 0 aliphatic rings. The summed E-state index contributed by atoms with van der Waals surface area (Å²) in [6.45, 7) is 2.09. The first-order valence-electron chi connectivity index (χ1n) is 10.4. The lowest BCUT2D eigenvalue weighted by Gasteiger charge is -2.07. The topological polar surface area (TPSA) is 51.3 Å². The van der Waals surface area contributed by atoms with E-state index in [1.54, 1.807) is 29.1 Å². The van der Waals surface area contributed by atoms with Crippen LogP contribution in [0.5, 0.6) is 0 Å². The molecule has 0 saturated carbocycles. The van der Waals surface area contributed by atoms with Gasteiger partial charge in [-0.15, -0.1) is 0 Å². The molecule has 0 saturated heterocycles. The first-order valence-corrected chi connectivity index (χ1v) is 10.4. The maximum atomic E-state index is 13.3. The number of nitrogens with zero attached hydrogens (tertiary/aromatic N) is 3. The number of fused-ring (bicyclic) bond motifs is 1. The molecule has 0 unspecified atom stereocenters. The predicted molar refractivity (Wildman–Crippen MR) is 124 cm³/mol. The smallest absolute Gasteiger partial charge is 0.276 e. The number of hydrogen-bond donors (Lipinski definition) is 1. The number of carbonyl (C=O) groups is 1. The van der Waals surface area contributed by atoms with Gasteiger partial charge in [0.25, 0.3) is 5.91 Å². The fraction of sp³-hybridized carbons (Fsp3) is 0.0769. The Hall–Kier alpha value is -4.19. The Labute approximate surface area is 184 Å². The number of anilines is 1. The molecule has 0 fully saturated rings. The summed E-state index contributed by atoms with van der Waals surface area (Å²) >= 11 is 0. The van der Waals surface area contributed by atoms with E-state index in [4.69, 9.17) is 0 Å². The third kappa shape index (κ3) is 3.78. The van der Waals surface area contributed by atoms with Crippen molar-refractivity contribution in [2.75, 3.05) is 5.32 Å². The Morgan fingerprint density at radius 2 is 1.62 bits per heavy atom. The van der Waals surface area contributed by atoms with E-state index in [-0.39, 0.29) is 11.7 Å². The monoisotopic (exact) mass is 424 g/mol. The van der Waals surface area contributed by atoms with Crippen molar-refractivity contribution < 1.29 is 9.18 Å². The average molecular weight is 424 g/mol. The minimum absolute atomic E-state index is 0.263. The molecule has 2 aromatic carbocycles. The van der Waals surface area contributed by atoms with Crippen LogP contribution >= 0.6 is 0 Å². The Kier molecular flexibility index (Phi) is 5.03. The molecule has 0 aliphatic heterocycles. The van der Waals surface area contributed by atoms with Crippen LogP contribution in [0, 0.1) is 5.82 Å². The highest BCUT2D eigenvalue weighted by Crippen LogP contribution is 2.23. The van der Waals surface area contributed by atoms with Gasteiger partial charge >= 0.3 is 0 Å². The van der Waals surface area contributed by atoms with Gasteiger partial charge in [0, 0.05) is 23.6 Å². The standard InChI is InChI=1S/C26H21FN4O/c1-2-18-3-10-22(11-4-18)28-26(32)24-15-16-31(29-24)25-14-13-23-12-7-20(17-30(23)25)19-5-8-21(27)9-6-19/h3-17H,2H2,1H3,(H,28,32). The van der Waals surface area contributed by atoms with Crippen molar-refractivity contribution in [3.63, 3.8) is 0 Å². The fourth-order valence-electron chi connectivity index (χ4n) is 3.68. The van der Waals surface area contributed by atoms with E-state index in [1.807, 2.05) is 59.1 Å². The van der Waals surface area contributed by atoms with E-state index in [0.717, 1.165) is 34.6 Å². The van der Waals surface area contributed by atoms with Gasteiger partial charge in [-0.3, -0.25) is 4.79 Å². The van der Waals surface area contributed by atoms with Crippen LogP contribution in [0.25, 0.3) is 22.5 Å². The van der Waals surface area contributed by atoms with Gasteiger partial charge in [0.15, 0.2) is 5.69 Å². The third-order valence-electron chi connectivity index (χ3n) is 5.48. The van der Waals surface area contributed by atoms with Gasteiger partial charge in [0.05, 0.1) is 0 Å². The van der Waals surface area contributed by atoms with E-state index in [2.05, 4.69) is 17.3 Å². The minimum Gasteiger partial charge on any atom is -0.321 e. The largest absolute Gasteiger partial charge is 0.321 e. The van der Waals surface area contributed by atoms with Crippen molar-refractivity contribution in [1.29, 1.82) is 0 Å². The minimum atomic E-state index is -0.264. The molecule has 1 N–H and O–H groups in total. The molecule has 6 heteroatoms. The maximum absolute atomic E-state index is 13.3. The van der Waals surface area contributed by atoms with Crippen molar-refractivity contribution in [3.05, 3.63) is 108 Å². The second-order valence-corrected chi connectivity index (χ2v) is 7.56. The lowest BCUT2D eigenvalue weighted by molar-refractivity contribution is 0.102. The second-order valence-electron chi connectivity index (χ2n) is 7.56. The van der Waals surface area contributed by atoms with Crippen molar-refractivity contribution in [2.45, 2.75) is 13.3 Å². The lowest BCUT2D eigenvalue weighted by atomic mass is 10.1. The van der Waals surface area contributed by atoms with Crippen LogP contribution in [-0.4, -0.2) is 20.1 Å². The first-order chi connectivity index (χ1) is 15.6. The van der Waals surface area contributed by atoms with E-state index >= 15 is 0 Å². The van der Waals surface area contributed by atoms with E-state index in [1.165, 1.54) is 17.7 Å². The molecule has 1 amide bonds. The van der Waals surface area contributed by atoms with Crippen molar-refractivity contribution in [3.8, 4) is 16.9 Å². The molecule has 0 radical (unpaired) electrons. The summed E-state index contributed by atoms with van der Waals surface area (Å²) in [5.74, 6) is 0.274. The van der Waals surface area contributed by atoms with Crippen molar-refractivity contribution >= 4 is 17.1 Å². The normalized spacial score (nSPS) is 11.1. The molecule has 5 aromatic rings. The SMILES string of the molecule is CCc1ccc(NC(=O)c2ccn(-c3ccc4ccc(-c5ccc(F)cc5)cn34)n2)cc1. The number of rotatable bonds is 5. The number of amides is 1. The van der Waals surface area contributed by atoms with Crippen LogP contribution in [0.4, 0.5) is 10.1 Å². The predicted octanol–water partition coefficient (Wildman–Crippen LogP) is 5.75. The van der Waals surface area contributed by atoms with Gasteiger partial charge in [-0.05, 0) is 71.6 Å². The van der Waals surface area contributed by atoms with Gasteiger partial charge in [0.2, 0.25) is 0 Å². The van der Waals surface area contributed by atoms with Crippen LogP contribution in [0.2, 0.25) is 0 Å². The maximum Gasteiger partial charge on any atom is 0.276 e. The van der Waals surface area contributed by atoms with Crippen LogP contribution in [-0.2, 0) is 6.42 Å². The number of halogens is 1. The highest BCUT2D eigenvalue weighted by Gasteiger charge is 2.13. The summed E-state index contributed by atoms with van der Waals surface area (Å²) in [4.78, 5) is 12.7. The van der Waals surface area contributed by atoms with Gasteiger partial charge in [-0.25, -0.2) is 9.07 Å². The van der Waals surface area contributed by atoms with Crippen LogP contribution < -0.4 is 5.32 Å². The number of benzene rings is 2. The molecule has 5 rings (SSSR count). The highest BCUT2D eigenvalue weighted by atomic mass is 19.1. The Bertz CT molecular complexity index is 1400. The zero-order valence-corrected chi connectivity index (χ0v) is 17.5. The number of aromatic nitrogens is 3. The molecule has 0 aliphatic carbocycles. The van der Waals surface area contributed by atoms with Gasteiger partial charge < -0.3 is 9.72 Å². The van der Waals surface area contributed by atoms with Crippen molar-refractivity contribution in [1.82, 2.24) is 14.2 Å². The molecule has 0 atom stereocenters. The summed E-state index contributed by atoms with van der Waals surface area (Å²) in [6.07, 6.45) is 4.70. The van der Waals surface area contributed by atoms with E-state index < -0.39 is 0 Å². The fourth-order valence-corrected chi connectivity index (χ4v) is 3.68. The highest BCUT2D eigenvalue weighted by molar-refractivity contribution is 6.02. The molecule has 32 heavy (non-hydrogen) atoms. The van der Waals surface area contributed by atoms with Gasteiger partial charge in [0.1, 0.15) is 11.6 Å². The third-order valence-corrected chi connectivity index (χ3v) is 5.48.